The van der Waals surface area contributed by atoms with Crippen molar-refractivity contribution in [2.45, 2.75) is 34.1 Å². The number of aryl methyl sites for hydroxylation is 3. The van der Waals surface area contributed by atoms with Gasteiger partial charge in [0, 0.05) is 23.4 Å². The fourth-order valence-corrected chi connectivity index (χ4v) is 3.21. The Kier molecular flexibility index (Phi) is 5.28. The van der Waals surface area contributed by atoms with E-state index in [0.717, 1.165) is 59.1 Å². The Morgan fingerprint density at radius 2 is 1.69 bits per heavy atom. The van der Waals surface area contributed by atoms with E-state index in [2.05, 4.69) is 76.3 Å². The summed E-state index contributed by atoms with van der Waals surface area (Å²) in [5.41, 5.74) is 7.65. The Balaban J connectivity index is 2.04. The molecule has 0 amide bonds. The predicted molar refractivity (Wildman–Crippen MR) is 109 cm³/mol. The molecule has 0 radical (unpaired) electrons. The molecule has 0 saturated heterocycles. The van der Waals surface area contributed by atoms with Crippen LogP contribution in [0.25, 0.3) is 16.8 Å². The van der Waals surface area contributed by atoms with Crippen LogP contribution in [0, 0.1) is 27.7 Å². The first-order chi connectivity index (χ1) is 12.4. The topological polar surface area (TPSA) is 45.5 Å². The zero-order valence-electron chi connectivity index (χ0n) is 16.7. The summed E-state index contributed by atoms with van der Waals surface area (Å²) in [7, 11) is 4.20. The monoisotopic (exact) mass is 351 g/mol. The van der Waals surface area contributed by atoms with Crippen molar-refractivity contribution < 1.29 is 0 Å². The molecular weight excluding hydrogens is 322 g/mol. The van der Waals surface area contributed by atoms with Gasteiger partial charge in [-0.15, -0.1) is 0 Å². The largest absolute Gasteiger partial charge is 0.370 e. The van der Waals surface area contributed by atoms with Gasteiger partial charge in [-0.05, 0) is 60.3 Å². The molecule has 0 aliphatic rings. The Bertz CT molecular complexity index is 907. The van der Waals surface area contributed by atoms with Crippen molar-refractivity contribution in [1.29, 1.82) is 0 Å². The molecule has 1 N–H and O–H groups in total. The molecule has 2 heterocycles. The minimum Gasteiger partial charge on any atom is -0.370 e. The van der Waals surface area contributed by atoms with E-state index >= 15 is 0 Å². The summed E-state index contributed by atoms with van der Waals surface area (Å²) in [6, 6.07) is 8.58. The number of fused-ring (bicyclic) bond motifs is 1. The summed E-state index contributed by atoms with van der Waals surface area (Å²) in [5.74, 6) is 1.05. The lowest BCUT2D eigenvalue weighted by molar-refractivity contribution is 0.405. The third-order valence-electron chi connectivity index (χ3n) is 4.83. The van der Waals surface area contributed by atoms with Crippen LogP contribution in [0.2, 0.25) is 0 Å². The standard InChI is InChI=1S/C21H29N5/c1-14-8-10-18(11-9-14)19-17(4)24-26-20(22-12-7-13-25(5)6)15(2)16(3)23-21(19)26/h8-11,22H,7,12-13H2,1-6H3. The molecule has 0 spiro atoms. The summed E-state index contributed by atoms with van der Waals surface area (Å²) in [4.78, 5) is 7.07. The van der Waals surface area contributed by atoms with Crippen LogP contribution in [0.5, 0.6) is 0 Å². The van der Waals surface area contributed by atoms with E-state index in [1.807, 2.05) is 4.52 Å². The zero-order valence-corrected chi connectivity index (χ0v) is 16.7. The van der Waals surface area contributed by atoms with Crippen LogP contribution >= 0.6 is 0 Å². The maximum atomic E-state index is 4.86. The molecule has 138 valence electrons. The van der Waals surface area contributed by atoms with Crippen molar-refractivity contribution in [1.82, 2.24) is 19.5 Å². The van der Waals surface area contributed by atoms with E-state index in [0.29, 0.717) is 0 Å². The van der Waals surface area contributed by atoms with Crippen molar-refractivity contribution in [3.05, 3.63) is 46.8 Å². The minimum absolute atomic E-state index is 0.913. The SMILES string of the molecule is Cc1ccc(-c2c(C)nn3c(NCCCN(C)C)c(C)c(C)nc23)cc1. The van der Waals surface area contributed by atoms with Crippen LogP contribution < -0.4 is 5.32 Å². The van der Waals surface area contributed by atoms with Gasteiger partial charge in [0.15, 0.2) is 5.65 Å². The van der Waals surface area contributed by atoms with Crippen LogP contribution in [-0.2, 0) is 0 Å². The highest BCUT2D eigenvalue weighted by Gasteiger charge is 2.18. The number of anilines is 1. The molecule has 2 aromatic heterocycles. The summed E-state index contributed by atoms with van der Waals surface area (Å²) in [6.07, 6.45) is 1.08. The smallest absolute Gasteiger partial charge is 0.165 e. The van der Waals surface area contributed by atoms with E-state index < -0.39 is 0 Å². The van der Waals surface area contributed by atoms with Crippen LogP contribution in [0.4, 0.5) is 5.82 Å². The average Bonchev–Trinajstić information content (AvgIpc) is 2.91. The number of nitrogens with zero attached hydrogens (tertiary/aromatic N) is 4. The third-order valence-corrected chi connectivity index (χ3v) is 4.83. The number of aromatic nitrogens is 3. The summed E-state index contributed by atoms with van der Waals surface area (Å²) in [6.45, 7) is 10.3. The number of benzene rings is 1. The van der Waals surface area contributed by atoms with Crippen molar-refractivity contribution in [2.24, 2.45) is 0 Å². The van der Waals surface area contributed by atoms with Crippen LogP contribution in [0.3, 0.4) is 0 Å². The van der Waals surface area contributed by atoms with Gasteiger partial charge in [0.2, 0.25) is 0 Å². The molecular formula is C21H29N5. The van der Waals surface area contributed by atoms with Crippen LogP contribution in [-0.4, -0.2) is 46.7 Å². The molecule has 26 heavy (non-hydrogen) atoms. The third kappa shape index (κ3) is 3.58. The van der Waals surface area contributed by atoms with Gasteiger partial charge < -0.3 is 10.2 Å². The number of nitrogens with one attached hydrogen (secondary N) is 1. The van der Waals surface area contributed by atoms with Crippen molar-refractivity contribution in [3.8, 4) is 11.1 Å². The molecule has 3 aromatic rings. The lowest BCUT2D eigenvalue weighted by Crippen LogP contribution is -2.18. The highest BCUT2D eigenvalue weighted by molar-refractivity contribution is 5.81. The Morgan fingerprint density at radius 3 is 2.35 bits per heavy atom. The van der Waals surface area contributed by atoms with Crippen molar-refractivity contribution >= 4 is 11.5 Å². The number of hydrogen-bond acceptors (Lipinski definition) is 4. The van der Waals surface area contributed by atoms with Gasteiger partial charge in [-0.3, -0.25) is 0 Å². The Labute approximate surface area is 156 Å². The molecule has 0 aliphatic carbocycles. The molecule has 0 aliphatic heterocycles. The second-order valence-electron chi connectivity index (χ2n) is 7.32. The van der Waals surface area contributed by atoms with E-state index in [9.17, 15) is 0 Å². The first-order valence-corrected chi connectivity index (χ1v) is 9.20. The molecule has 3 rings (SSSR count). The molecule has 0 saturated carbocycles. The van der Waals surface area contributed by atoms with Gasteiger partial charge in [-0.1, -0.05) is 29.8 Å². The number of hydrogen-bond donors (Lipinski definition) is 1. The van der Waals surface area contributed by atoms with Gasteiger partial charge in [-0.2, -0.15) is 9.61 Å². The molecule has 0 bridgehead atoms. The van der Waals surface area contributed by atoms with Gasteiger partial charge in [0.1, 0.15) is 5.82 Å². The molecule has 0 atom stereocenters. The van der Waals surface area contributed by atoms with Crippen LogP contribution in [0.1, 0.15) is 28.9 Å². The fourth-order valence-electron chi connectivity index (χ4n) is 3.21. The second-order valence-corrected chi connectivity index (χ2v) is 7.32. The maximum absolute atomic E-state index is 4.86. The Hall–Kier alpha value is -2.40. The van der Waals surface area contributed by atoms with E-state index in [1.54, 1.807) is 0 Å². The molecule has 5 nitrogen and oxygen atoms in total. The maximum Gasteiger partial charge on any atom is 0.165 e. The second kappa shape index (κ2) is 7.46. The lowest BCUT2D eigenvalue weighted by Gasteiger charge is -2.15. The van der Waals surface area contributed by atoms with Gasteiger partial charge in [-0.25, -0.2) is 4.98 Å². The van der Waals surface area contributed by atoms with E-state index in [-0.39, 0.29) is 0 Å². The highest BCUT2D eigenvalue weighted by Crippen LogP contribution is 2.30. The lowest BCUT2D eigenvalue weighted by atomic mass is 10.0. The van der Waals surface area contributed by atoms with E-state index in [4.69, 9.17) is 10.1 Å². The average molecular weight is 351 g/mol. The van der Waals surface area contributed by atoms with E-state index in [1.165, 1.54) is 5.56 Å². The molecule has 5 heteroatoms. The molecule has 1 aromatic carbocycles. The minimum atomic E-state index is 0.913. The van der Waals surface area contributed by atoms with Crippen LogP contribution in [0.15, 0.2) is 24.3 Å². The van der Waals surface area contributed by atoms with Gasteiger partial charge in [0.05, 0.1) is 5.69 Å². The summed E-state index contributed by atoms with van der Waals surface area (Å²) in [5, 5.41) is 8.40. The normalized spacial score (nSPS) is 11.5. The van der Waals surface area contributed by atoms with Gasteiger partial charge >= 0.3 is 0 Å². The van der Waals surface area contributed by atoms with Gasteiger partial charge in [0.25, 0.3) is 0 Å². The fraction of sp³-hybridized carbons (Fsp3) is 0.429. The summed E-state index contributed by atoms with van der Waals surface area (Å²) >= 11 is 0. The Morgan fingerprint density at radius 1 is 1.00 bits per heavy atom. The number of rotatable bonds is 6. The zero-order chi connectivity index (χ0) is 18.8. The first kappa shape index (κ1) is 18.4. The summed E-state index contributed by atoms with van der Waals surface area (Å²) < 4.78 is 1.97. The molecule has 0 fully saturated rings. The quantitative estimate of drug-likeness (QED) is 0.682. The first-order valence-electron chi connectivity index (χ1n) is 9.20. The van der Waals surface area contributed by atoms with Crippen molar-refractivity contribution in [3.63, 3.8) is 0 Å². The van der Waals surface area contributed by atoms with Crippen molar-refractivity contribution in [2.75, 3.05) is 32.5 Å². The highest BCUT2D eigenvalue weighted by atomic mass is 15.3. The molecule has 0 unspecified atom stereocenters. The predicted octanol–water partition coefficient (Wildman–Crippen LogP) is 3.99.